The van der Waals surface area contributed by atoms with Gasteiger partial charge < -0.3 is 15.5 Å². The SMILES string of the molecule is CCN(Cc1ccccc1)C(=O)CNC(=O)c1ccc(C)c(NC(=O)c2ccccc2F)c1. The summed E-state index contributed by atoms with van der Waals surface area (Å²) in [5.41, 5.74) is 2.31. The van der Waals surface area contributed by atoms with Crippen molar-refractivity contribution >= 4 is 23.4 Å². The highest BCUT2D eigenvalue weighted by molar-refractivity contribution is 6.06. The second-order valence-electron chi connectivity index (χ2n) is 7.54. The minimum Gasteiger partial charge on any atom is -0.343 e. The Kier molecular flexibility index (Phi) is 7.91. The van der Waals surface area contributed by atoms with Crippen LogP contribution in [0, 0.1) is 12.7 Å². The molecule has 0 aliphatic heterocycles. The van der Waals surface area contributed by atoms with Gasteiger partial charge in [-0.3, -0.25) is 14.4 Å². The molecule has 3 amide bonds. The molecule has 3 rings (SSSR count). The van der Waals surface area contributed by atoms with Crippen LogP contribution < -0.4 is 10.6 Å². The lowest BCUT2D eigenvalue weighted by Crippen LogP contribution is -2.39. The van der Waals surface area contributed by atoms with Crippen LogP contribution in [0.2, 0.25) is 0 Å². The minimum atomic E-state index is -0.629. The Morgan fingerprint density at radius 3 is 2.30 bits per heavy atom. The Bertz CT molecular complexity index is 1150. The van der Waals surface area contributed by atoms with E-state index in [1.807, 2.05) is 37.3 Å². The molecule has 0 saturated carbocycles. The summed E-state index contributed by atoms with van der Waals surface area (Å²) in [6.45, 7) is 4.48. The first kappa shape index (κ1) is 23.7. The monoisotopic (exact) mass is 447 g/mol. The first-order valence-electron chi connectivity index (χ1n) is 10.7. The second-order valence-corrected chi connectivity index (χ2v) is 7.54. The number of aryl methyl sites for hydroxylation is 1. The quantitative estimate of drug-likeness (QED) is 0.544. The normalized spacial score (nSPS) is 10.4. The van der Waals surface area contributed by atoms with Crippen molar-refractivity contribution in [3.05, 3.63) is 101 Å². The zero-order chi connectivity index (χ0) is 23.8. The van der Waals surface area contributed by atoms with Gasteiger partial charge >= 0.3 is 0 Å². The summed E-state index contributed by atoms with van der Waals surface area (Å²) in [4.78, 5) is 39.3. The van der Waals surface area contributed by atoms with E-state index in [2.05, 4.69) is 10.6 Å². The number of likely N-dealkylation sites (N-methyl/N-ethyl adjacent to an activating group) is 1. The zero-order valence-electron chi connectivity index (χ0n) is 18.6. The van der Waals surface area contributed by atoms with Crippen LogP contribution in [-0.4, -0.2) is 35.7 Å². The Morgan fingerprint density at radius 1 is 0.909 bits per heavy atom. The van der Waals surface area contributed by atoms with Crippen molar-refractivity contribution in [1.82, 2.24) is 10.2 Å². The van der Waals surface area contributed by atoms with E-state index in [0.717, 1.165) is 5.56 Å². The molecule has 33 heavy (non-hydrogen) atoms. The van der Waals surface area contributed by atoms with Crippen LogP contribution in [-0.2, 0) is 11.3 Å². The molecule has 0 heterocycles. The molecule has 0 aliphatic carbocycles. The summed E-state index contributed by atoms with van der Waals surface area (Å²) in [6, 6.07) is 20.1. The Morgan fingerprint density at radius 2 is 1.61 bits per heavy atom. The molecule has 0 fully saturated rings. The van der Waals surface area contributed by atoms with Gasteiger partial charge in [0.15, 0.2) is 0 Å². The molecule has 0 saturated heterocycles. The summed E-state index contributed by atoms with van der Waals surface area (Å²) in [5.74, 6) is -1.88. The summed E-state index contributed by atoms with van der Waals surface area (Å²) < 4.78 is 13.9. The molecule has 0 aromatic heterocycles. The van der Waals surface area contributed by atoms with Crippen molar-refractivity contribution in [2.45, 2.75) is 20.4 Å². The van der Waals surface area contributed by atoms with Crippen LogP contribution in [0.3, 0.4) is 0 Å². The molecular formula is C26H26FN3O3. The number of amides is 3. The number of hydrogen-bond acceptors (Lipinski definition) is 3. The molecule has 0 aliphatic rings. The number of nitrogens with one attached hydrogen (secondary N) is 2. The third kappa shape index (κ3) is 6.26. The number of carbonyl (C=O) groups excluding carboxylic acids is 3. The maximum absolute atomic E-state index is 13.9. The van der Waals surface area contributed by atoms with Gasteiger partial charge in [-0.15, -0.1) is 0 Å². The number of rotatable bonds is 8. The van der Waals surface area contributed by atoms with Gasteiger partial charge in [-0.25, -0.2) is 4.39 Å². The number of anilines is 1. The average molecular weight is 448 g/mol. The van der Waals surface area contributed by atoms with Crippen LogP contribution in [0.1, 0.15) is 38.8 Å². The van der Waals surface area contributed by atoms with E-state index in [4.69, 9.17) is 0 Å². The maximum Gasteiger partial charge on any atom is 0.258 e. The van der Waals surface area contributed by atoms with E-state index in [-0.39, 0.29) is 23.6 Å². The molecule has 170 valence electrons. The van der Waals surface area contributed by atoms with Gasteiger partial charge in [0, 0.05) is 24.3 Å². The smallest absolute Gasteiger partial charge is 0.258 e. The highest BCUT2D eigenvalue weighted by atomic mass is 19.1. The van der Waals surface area contributed by atoms with Gasteiger partial charge in [0.2, 0.25) is 5.91 Å². The fourth-order valence-corrected chi connectivity index (χ4v) is 3.28. The highest BCUT2D eigenvalue weighted by Crippen LogP contribution is 2.19. The first-order valence-corrected chi connectivity index (χ1v) is 10.7. The average Bonchev–Trinajstić information content (AvgIpc) is 2.83. The Hall–Kier alpha value is -4.00. The first-order chi connectivity index (χ1) is 15.9. The van der Waals surface area contributed by atoms with E-state index in [1.165, 1.54) is 24.3 Å². The third-order valence-electron chi connectivity index (χ3n) is 5.22. The zero-order valence-corrected chi connectivity index (χ0v) is 18.6. The largest absolute Gasteiger partial charge is 0.343 e. The molecular weight excluding hydrogens is 421 g/mol. The summed E-state index contributed by atoms with van der Waals surface area (Å²) >= 11 is 0. The molecule has 0 atom stereocenters. The molecule has 7 heteroatoms. The summed E-state index contributed by atoms with van der Waals surface area (Å²) in [6.07, 6.45) is 0. The molecule has 0 unspecified atom stereocenters. The summed E-state index contributed by atoms with van der Waals surface area (Å²) in [5, 5.41) is 5.29. The van der Waals surface area contributed by atoms with E-state index >= 15 is 0 Å². The van der Waals surface area contributed by atoms with Gasteiger partial charge in [-0.2, -0.15) is 0 Å². The van der Waals surface area contributed by atoms with Crippen molar-refractivity contribution < 1.29 is 18.8 Å². The van der Waals surface area contributed by atoms with Crippen molar-refractivity contribution in [2.75, 3.05) is 18.4 Å². The van der Waals surface area contributed by atoms with E-state index in [0.29, 0.717) is 24.3 Å². The van der Waals surface area contributed by atoms with Gasteiger partial charge in [-0.05, 0) is 49.2 Å². The van der Waals surface area contributed by atoms with Crippen molar-refractivity contribution in [2.24, 2.45) is 0 Å². The molecule has 3 aromatic carbocycles. The molecule has 0 radical (unpaired) electrons. The Balaban J connectivity index is 1.63. The number of carbonyl (C=O) groups is 3. The second kappa shape index (κ2) is 11.0. The lowest BCUT2D eigenvalue weighted by molar-refractivity contribution is -0.130. The van der Waals surface area contributed by atoms with Gasteiger partial charge in [0.05, 0.1) is 12.1 Å². The molecule has 6 nitrogen and oxygen atoms in total. The molecule has 2 N–H and O–H groups in total. The van der Waals surface area contributed by atoms with Crippen molar-refractivity contribution in [3.8, 4) is 0 Å². The lowest BCUT2D eigenvalue weighted by Gasteiger charge is -2.21. The van der Waals surface area contributed by atoms with Crippen molar-refractivity contribution in [3.63, 3.8) is 0 Å². The van der Waals surface area contributed by atoms with E-state index in [9.17, 15) is 18.8 Å². The van der Waals surface area contributed by atoms with Gasteiger partial charge in [0.1, 0.15) is 5.82 Å². The fraction of sp³-hybridized carbons (Fsp3) is 0.192. The van der Waals surface area contributed by atoms with Crippen LogP contribution in [0.25, 0.3) is 0 Å². The van der Waals surface area contributed by atoms with Crippen LogP contribution in [0.15, 0.2) is 72.8 Å². The van der Waals surface area contributed by atoms with Crippen molar-refractivity contribution in [1.29, 1.82) is 0 Å². The van der Waals surface area contributed by atoms with Crippen LogP contribution >= 0.6 is 0 Å². The maximum atomic E-state index is 13.9. The number of benzene rings is 3. The van der Waals surface area contributed by atoms with Crippen LogP contribution in [0.5, 0.6) is 0 Å². The van der Waals surface area contributed by atoms with Crippen LogP contribution in [0.4, 0.5) is 10.1 Å². The fourth-order valence-electron chi connectivity index (χ4n) is 3.28. The number of nitrogens with zero attached hydrogens (tertiary/aromatic N) is 1. The standard InChI is InChI=1S/C26H26FN3O3/c1-3-30(17-19-9-5-4-6-10-19)24(31)16-28-25(32)20-14-13-18(2)23(15-20)29-26(33)21-11-7-8-12-22(21)27/h4-15H,3,16-17H2,1-2H3,(H,28,32)(H,29,33). The molecule has 3 aromatic rings. The minimum absolute atomic E-state index is 0.0876. The predicted octanol–water partition coefficient (Wildman–Crippen LogP) is 4.16. The van der Waals surface area contributed by atoms with Gasteiger partial charge in [-0.1, -0.05) is 48.5 Å². The summed E-state index contributed by atoms with van der Waals surface area (Å²) in [7, 11) is 0. The van der Waals surface area contributed by atoms with E-state index < -0.39 is 17.6 Å². The highest BCUT2D eigenvalue weighted by Gasteiger charge is 2.16. The molecule has 0 bridgehead atoms. The third-order valence-corrected chi connectivity index (χ3v) is 5.22. The number of halogens is 1. The van der Waals surface area contributed by atoms with Gasteiger partial charge in [0.25, 0.3) is 11.8 Å². The lowest BCUT2D eigenvalue weighted by atomic mass is 10.1. The van der Waals surface area contributed by atoms with E-state index in [1.54, 1.807) is 30.0 Å². The number of hydrogen-bond donors (Lipinski definition) is 2. The molecule has 0 spiro atoms. The predicted molar refractivity (Wildman–Crippen MR) is 125 cm³/mol. The Labute approximate surface area is 192 Å². The topological polar surface area (TPSA) is 78.5 Å².